The molecule has 0 atom stereocenters. The zero-order valence-corrected chi connectivity index (χ0v) is 11.2. The van der Waals surface area contributed by atoms with Gasteiger partial charge in [0.15, 0.2) is 11.5 Å². The first-order valence-electron chi connectivity index (χ1n) is 5.66. The molecular formula is C14H19NO3. The van der Waals surface area contributed by atoms with Crippen LogP contribution in [-0.4, -0.2) is 18.6 Å². The summed E-state index contributed by atoms with van der Waals surface area (Å²) in [7, 11) is 1.54. The van der Waals surface area contributed by atoms with Crippen LogP contribution in [0.4, 0.5) is 0 Å². The van der Waals surface area contributed by atoms with Gasteiger partial charge in [-0.3, -0.25) is 0 Å². The summed E-state index contributed by atoms with van der Waals surface area (Å²) in [5, 5.41) is 2.84. The van der Waals surface area contributed by atoms with Crippen LogP contribution < -0.4 is 14.8 Å². The van der Waals surface area contributed by atoms with Crippen molar-refractivity contribution in [3.63, 3.8) is 0 Å². The molecule has 0 saturated carbocycles. The smallest absolute Gasteiger partial charge is 0.336 e. The average molecular weight is 249 g/mol. The Morgan fingerprint density at radius 2 is 2.06 bits per heavy atom. The molecule has 0 aliphatic rings. The van der Waals surface area contributed by atoms with E-state index < -0.39 is 11.5 Å². The van der Waals surface area contributed by atoms with Crippen LogP contribution in [0.15, 0.2) is 31.0 Å². The molecule has 0 spiro atoms. The highest BCUT2D eigenvalue weighted by molar-refractivity contribution is 5.82. The van der Waals surface area contributed by atoms with Gasteiger partial charge in [-0.25, -0.2) is 4.79 Å². The molecule has 0 unspecified atom stereocenters. The second-order valence-corrected chi connectivity index (χ2v) is 4.52. The van der Waals surface area contributed by atoms with E-state index in [2.05, 4.69) is 11.9 Å². The molecule has 1 rings (SSSR count). The molecule has 1 aromatic rings. The number of benzene rings is 1. The third-order valence-corrected chi connectivity index (χ3v) is 2.50. The van der Waals surface area contributed by atoms with E-state index >= 15 is 0 Å². The maximum atomic E-state index is 12.0. The van der Waals surface area contributed by atoms with E-state index in [1.54, 1.807) is 27.0 Å². The van der Waals surface area contributed by atoms with Crippen LogP contribution in [0.2, 0.25) is 0 Å². The summed E-state index contributed by atoms with van der Waals surface area (Å²) in [5.74, 6) is 0.550. The molecule has 0 heterocycles. The first kappa shape index (κ1) is 14.1. The number of nitrogens with one attached hydrogen (secondary N) is 1. The molecule has 0 saturated heterocycles. The Bertz CT molecular complexity index is 452. The molecule has 98 valence electrons. The maximum absolute atomic E-state index is 12.0. The molecule has 18 heavy (non-hydrogen) atoms. The minimum atomic E-state index is -0.836. The van der Waals surface area contributed by atoms with Gasteiger partial charge in [-0.1, -0.05) is 12.6 Å². The van der Waals surface area contributed by atoms with Crippen LogP contribution in [0.25, 0.3) is 0 Å². The van der Waals surface area contributed by atoms with Crippen molar-refractivity contribution in [2.24, 2.45) is 0 Å². The minimum Gasteiger partial charge on any atom is -0.493 e. The Kier molecular flexibility index (Phi) is 4.37. The zero-order valence-electron chi connectivity index (χ0n) is 11.2. The molecule has 0 aliphatic carbocycles. The summed E-state index contributed by atoms with van der Waals surface area (Å²) in [6, 6.07) is 5.39. The normalized spacial score (nSPS) is 10.7. The van der Waals surface area contributed by atoms with Gasteiger partial charge in [0.25, 0.3) is 0 Å². The molecule has 0 aliphatic heterocycles. The molecule has 0 amide bonds. The lowest BCUT2D eigenvalue weighted by atomic mass is 10.1. The van der Waals surface area contributed by atoms with Gasteiger partial charge in [0.2, 0.25) is 0 Å². The van der Waals surface area contributed by atoms with Gasteiger partial charge in [0, 0.05) is 0 Å². The van der Waals surface area contributed by atoms with Crippen molar-refractivity contribution in [2.45, 2.75) is 26.3 Å². The Balaban J connectivity index is 2.91. The quantitative estimate of drug-likeness (QED) is 0.643. The number of hydrogen-bond acceptors (Lipinski definition) is 4. The Morgan fingerprint density at radius 1 is 1.39 bits per heavy atom. The second-order valence-electron chi connectivity index (χ2n) is 4.52. The Labute approximate surface area is 108 Å². The fraction of sp³-hybridized carbons (Fsp3) is 0.357. The van der Waals surface area contributed by atoms with Gasteiger partial charge in [0.05, 0.1) is 7.11 Å². The third kappa shape index (κ3) is 3.26. The van der Waals surface area contributed by atoms with E-state index in [1.807, 2.05) is 19.1 Å². The highest BCUT2D eigenvalue weighted by atomic mass is 16.6. The zero-order chi connectivity index (χ0) is 13.8. The van der Waals surface area contributed by atoms with E-state index in [4.69, 9.17) is 9.47 Å². The predicted octanol–water partition coefficient (Wildman–Crippen LogP) is 2.42. The largest absolute Gasteiger partial charge is 0.493 e. The van der Waals surface area contributed by atoms with Crippen LogP contribution in [0.1, 0.15) is 19.4 Å². The molecule has 1 N–H and O–H groups in total. The van der Waals surface area contributed by atoms with Gasteiger partial charge in [-0.2, -0.15) is 0 Å². The molecule has 0 fully saturated rings. The second kappa shape index (κ2) is 5.58. The maximum Gasteiger partial charge on any atom is 0.336 e. The van der Waals surface area contributed by atoms with Crippen molar-refractivity contribution in [1.29, 1.82) is 0 Å². The lowest BCUT2D eigenvalue weighted by Crippen LogP contribution is -2.46. The number of rotatable bonds is 5. The SMILES string of the molecule is C=CNC(C)(C)C(=O)Oc1ccc(C)cc1OC. The van der Waals surface area contributed by atoms with Crippen molar-refractivity contribution in [3.05, 3.63) is 36.5 Å². The van der Waals surface area contributed by atoms with Gasteiger partial charge in [0.1, 0.15) is 5.54 Å². The van der Waals surface area contributed by atoms with E-state index in [0.29, 0.717) is 11.5 Å². The van der Waals surface area contributed by atoms with Gasteiger partial charge < -0.3 is 14.8 Å². The van der Waals surface area contributed by atoms with E-state index in [9.17, 15) is 4.79 Å². The molecule has 0 aromatic heterocycles. The van der Waals surface area contributed by atoms with Crippen molar-refractivity contribution >= 4 is 5.97 Å². The van der Waals surface area contributed by atoms with Crippen LogP contribution in [0, 0.1) is 6.92 Å². The molecular weight excluding hydrogens is 230 g/mol. The van der Waals surface area contributed by atoms with Crippen LogP contribution in [-0.2, 0) is 4.79 Å². The van der Waals surface area contributed by atoms with Crippen LogP contribution in [0.3, 0.4) is 0 Å². The van der Waals surface area contributed by atoms with E-state index in [0.717, 1.165) is 5.56 Å². The van der Waals surface area contributed by atoms with Gasteiger partial charge in [-0.15, -0.1) is 0 Å². The number of hydrogen-bond donors (Lipinski definition) is 1. The number of methoxy groups -OCH3 is 1. The monoisotopic (exact) mass is 249 g/mol. The van der Waals surface area contributed by atoms with Gasteiger partial charge >= 0.3 is 5.97 Å². The first-order chi connectivity index (χ1) is 8.40. The fourth-order valence-corrected chi connectivity index (χ4v) is 1.40. The van der Waals surface area contributed by atoms with Crippen molar-refractivity contribution in [2.75, 3.05) is 7.11 Å². The third-order valence-electron chi connectivity index (χ3n) is 2.50. The number of carbonyl (C=O) groups excluding carboxylic acids is 1. The standard InChI is InChI=1S/C14H19NO3/c1-6-15-14(3,4)13(16)18-11-8-7-10(2)9-12(11)17-5/h6-9,15H,1H2,2-5H3. The van der Waals surface area contributed by atoms with E-state index in [-0.39, 0.29) is 0 Å². The van der Waals surface area contributed by atoms with Crippen LogP contribution in [0.5, 0.6) is 11.5 Å². The highest BCUT2D eigenvalue weighted by Crippen LogP contribution is 2.28. The van der Waals surface area contributed by atoms with E-state index in [1.165, 1.54) is 6.20 Å². The summed E-state index contributed by atoms with van der Waals surface area (Å²) in [5.41, 5.74) is 0.201. The Morgan fingerprint density at radius 3 is 2.61 bits per heavy atom. The fourth-order valence-electron chi connectivity index (χ4n) is 1.40. The van der Waals surface area contributed by atoms with Crippen molar-refractivity contribution in [1.82, 2.24) is 5.32 Å². The summed E-state index contributed by atoms with van der Waals surface area (Å²) >= 11 is 0. The number of esters is 1. The Hall–Kier alpha value is -1.97. The van der Waals surface area contributed by atoms with Gasteiger partial charge in [-0.05, 0) is 44.7 Å². The number of carbonyl (C=O) groups is 1. The summed E-state index contributed by atoms with van der Waals surface area (Å²) in [4.78, 5) is 12.0. The molecule has 4 heteroatoms. The predicted molar refractivity (Wildman–Crippen MR) is 70.8 cm³/mol. The topological polar surface area (TPSA) is 47.6 Å². The number of ether oxygens (including phenoxy) is 2. The molecule has 0 bridgehead atoms. The lowest BCUT2D eigenvalue weighted by molar-refractivity contribution is -0.140. The average Bonchev–Trinajstić information content (AvgIpc) is 2.31. The first-order valence-corrected chi connectivity index (χ1v) is 5.66. The van der Waals surface area contributed by atoms with Crippen molar-refractivity contribution in [3.8, 4) is 11.5 Å². The molecule has 1 aromatic carbocycles. The minimum absolute atomic E-state index is 0.399. The highest BCUT2D eigenvalue weighted by Gasteiger charge is 2.29. The number of aryl methyl sites for hydroxylation is 1. The summed E-state index contributed by atoms with van der Waals surface area (Å²) < 4.78 is 10.5. The molecule has 0 radical (unpaired) electrons. The molecule has 4 nitrogen and oxygen atoms in total. The summed E-state index contributed by atoms with van der Waals surface area (Å²) in [6.45, 7) is 8.92. The summed E-state index contributed by atoms with van der Waals surface area (Å²) in [6.07, 6.45) is 1.47. The van der Waals surface area contributed by atoms with Crippen LogP contribution >= 0.6 is 0 Å². The van der Waals surface area contributed by atoms with Crippen molar-refractivity contribution < 1.29 is 14.3 Å². The lowest BCUT2D eigenvalue weighted by Gasteiger charge is -2.23.